The molecule has 0 aliphatic rings. The largest absolute Gasteiger partial charge is 0.608 e. The highest BCUT2D eigenvalue weighted by Crippen LogP contribution is 2.21. The second-order valence-corrected chi connectivity index (χ2v) is 6.41. The Bertz CT molecular complexity index is 57.2. The molecule has 0 aliphatic carbocycles. The molecular formula is C4H9IOS. The van der Waals surface area contributed by atoms with Gasteiger partial charge in [-0.05, 0) is 20.8 Å². The lowest BCUT2D eigenvalue weighted by Gasteiger charge is -2.16. The number of halogens is 1. The fourth-order valence-corrected chi connectivity index (χ4v) is 0. The monoisotopic (exact) mass is 232 g/mol. The van der Waals surface area contributed by atoms with E-state index in [1.807, 2.05) is 42.0 Å². The van der Waals surface area contributed by atoms with Crippen LogP contribution in [0.15, 0.2) is 0 Å². The first-order valence-electron chi connectivity index (χ1n) is 2.03. The highest BCUT2D eigenvalue weighted by atomic mass is 127. The lowest BCUT2D eigenvalue weighted by atomic mass is 10.3. The van der Waals surface area contributed by atoms with Crippen molar-refractivity contribution in [3.05, 3.63) is 0 Å². The second-order valence-electron chi connectivity index (χ2n) is 2.34. The zero-order valence-electron chi connectivity index (χ0n) is 4.69. The molecule has 3 heteroatoms. The lowest BCUT2D eigenvalue weighted by molar-refractivity contribution is 0.579. The van der Waals surface area contributed by atoms with Crippen LogP contribution < -0.4 is 0 Å². The van der Waals surface area contributed by atoms with Gasteiger partial charge in [0.2, 0.25) is 21.2 Å². The predicted octanol–water partition coefficient (Wildman–Crippen LogP) is 1.88. The second kappa shape index (κ2) is 2.55. The van der Waals surface area contributed by atoms with E-state index in [1.54, 1.807) is 0 Å². The van der Waals surface area contributed by atoms with Crippen LogP contribution in [-0.2, 0) is 8.35 Å². The highest BCUT2D eigenvalue weighted by molar-refractivity contribution is 14.2. The summed E-state index contributed by atoms with van der Waals surface area (Å²) in [6.07, 6.45) is 0. The molecule has 0 aliphatic heterocycles. The normalized spacial score (nSPS) is 16.7. The summed E-state index contributed by atoms with van der Waals surface area (Å²) in [7, 11) is -0.713. The van der Waals surface area contributed by atoms with Crippen LogP contribution in [0.2, 0.25) is 0 Å². The molecule has 0 heterocycles. The van der Waals surface area contributed by atoms with Gasteiger partial charge in [-0.15, -0.1) is 0 Å². The quantitative estimate of drug-likeness (QED) is 0.462. The van der Waals surface area contributed by atoms with Crippen molar-refractivity contribution in [3.8, 4) is 0 Å². The molecule has 7 heavy (non-hydrogen) atoms. The molecule has 0 aromatic rings. The van der Waals surface area contributed by atoms with Gasteiger partial charge in [-0.2, -0.15) is 0 Å². The van der Waals surface area contributed by atoms with E-state index >= 15 is 0 Å². The van der Waals surface area contributed by atoms with Crippen LogP contribution in [0, 0.1) is 0 Å². The molecule has 0 fully saturated rings. The smallest absolute Gasteiger partial charge is 0.249 e. The maximum absolute atomic E-state index is 10.6. The third-order valence-electron chi connectivity index (χ3n) is 0.481. The summed E-state index contributed by atoms with van der Waals surface area (Å²) in [5.74, 6) is 0. The first-order valence-corrected chi connectivity index (χ1v) is 5.72. The summed E-state index contributed by atoms with van der Waals surface area (Å²) in [6, 6.07) is 0. The van der Waals surface area contributed by atoms with Gasteiger partial charge in [0.05, 0.1) is 0 Å². The van der Waals surface area contributed by atoms with Crippen molar-refractivity contribution in [2.75, 3.05) is 0 Å². The molecule has 0 aromatic heterocycles. The van der Waals surface area contributed by atoms with E-state index in [2.05, 4.69) is 0 Å². The summed E-state index contributed by atoms with van der Waals surface area (Å²) in [4.78, 5) is 0. The van der Waals surface area contributed by atoms with Crippen molar-refractivity contribution in [2.45, 2.75) is 25.5 Å². The van der Waals surface area contributed by atoms with Crippen LogP contribution in [-0.4, -0.2) is 9.30 Å². The minimum atomic E-state index is -0.713. The summed E-state index contributed by atoms with van der Waals surface area (Å²) in [5.41, 5.74) is 0. The molecule has 0 saturated heterocycles. The van der Waals surface area contributed by atoms with Crippen LogP contribution in [0.5, 0.6) is 0 Å². The number of hydrogen-bond donors (Lipinski definition) is 0. The van der Waals surface area contributed by atoms with Gasteiger partial charge in [-0.1, -0.05) is 0 Å². The van der Waals surface area contributed by atoms with Crippen molar-refractivity contribution in [3.63, 3.8) is 0 Å². The SMILES string of the molecule is CC(C)(C)[S+]([O-])I. The van der Waals surface area contributed by atoms with Crippen molar-refractivity contribution < 1.29 is 4.55 Å². The Kier molecular flexibility index (Phi) is 2.93. The molecule has 0 saturated carbocycles. The highest BCUT2D eigenvalue weighted by Gasteiger charge is 2.22. The molecule has 1 atom stereocenters. The molecule has 0 N–H and O–H groups in total. The third kappa shape index (κ3) is 3.61. The minimum Gasteiger partial charge on any atom is -0.608 e. The van der Waals surface area contributed by atoms with Gasteiger partial charge in [0.15, 0.2) is 0 Å². The zero-order valence-corrected chi connectivity index (χ0v) is 7.67. The van der Waals surface area contributed by atoms with Gasteiger partial charge in [0.25, 0.3) is 0 Å². The Balaban J connectivity index is 3.54. The minimum absolute atomic E-state index is 0.0411. The van der Waals surface area contributed by atoms with E-state index in [1.165, 1.54) is 0 Å². The zero-order chi connectivity index (χ0) is 6.08. The van der Waals surface area contributed by atoms with E-state index in [-0.39, 0.29) is 4.75 Å². The van der Waals surface area contributed by atoms with E-state index < -0.39 is 8.35 Å². The van der Waals surface area contributed by atoms with Gasteiger partial charge < -0.3 is 4.55 Å². The molecule has 0 spiro atoms. The average Bonchev–Trinajstić information content (AvgIpc) is 1.31. The van der Waals surface area contributed by atoms with Gasteiger partial charge in [0.1, 0.15) is 4.75 Å². The summed E-state index contributed by atoms with van der Waals surface area (Å²) >= 11 is 1.92. The Morgan fingerprint density at radius 1 is 1.43 bits per heavy atom. The van der Waals surface area contributed by atoms with Gasteiger partial charge in [-0.25, -0.2) is 0 Å². The summed E-state index contributed by atoms with van der Waals surface area (Å²) < 4.78 is 10.5. The lowest BCUT2D eigenvalue weighted by Crippen LogP contribution is -2.21. The third-order valence-corrected chi connectivity index (χ3v) is 5.41. The first-order chi connectivity index (χ1) is 2.94. The topological polar surface area (TPSA) is 23.1 Å². The fourth-order valence-electron chi connectivity index (χ4n) is 0. The van der Waals surface area contributed by atoms with Gasteiger partial charge in [0, 0.05) is 8.35 Å². The van der Waals surface area contributed by atoms with E-state index in [0.717, 1.165) is 0 Å². The Morgan fingerprint density at radius 2 is 1.57 bits per heavy atom. The molecule has 0 amide bonds. The molecule has 1 unspecified atom stereocenters. The standard InChI is InChI=1S/C4H9IOS/c1-4(2,3)7(5)6/h1-3H3. The van der Waals surface area contributed by atoms with Crippen LogP contribution >= 0.6 is 21.2 Å². The van der Waals surface area contributed by atoms with E-state index in [0.29, 0.717) is 0 Å². The van der Waals surface area contributed by atoms with Crippen molar-refractivity contribution >= 4 is 29.6 Å². The summed E-state index contributed by atoms with van der Waals surface area (Å²) in [6.45, 7) is 5.86. The molecule has 1 nitrogen and oxygen atoms in total. The van der Waals surface area contributed by atoms with Crippen LogP contribution in [0.1, 0.15) is 20.8 Å². The maximum Gasteiger partial charge on any atom is 0.249 e. The fraction of sp³-hybridized carbons (Fsp3) is 1.00. The van der Waals surface area contributed by atoms with Crippen molar-refractivity contribution in [2.24, 2.45) is 0 Å². The van der Waals surface area contributed by atoms with Crippen LogP contribution in [0.3, 0.4) is 0 Å². The Morgan fingerprint density at radius 3 is 1.57 bits per heavy atom. The summed E-state index contributed by atoms with van der Waals surface area (Å²) in [5, 5.41) is 0. The number of rotatable bonds is 0. The Labute approximate surface area is 59.6 Å². The van der Waals surface area contributed by atoms with E-state index in [9.17, 15) is 4.55 Å². The molecular weight excluding hydrogens is 223 g/mol. The molecule has 44 valence electrons. The first kappa shape index (κ1) is 8.04. The van der Waals surface area contributed by atoms with Gasteiger partial charge in [-0.3, -0.25) is 0 Å². The van der Waals surface area contributed by atoms with Crippen LogP contribution in [0.25, 0.3) is 0 Å². The van der Waals surface area contributed by atoms with Gasteiger partial charge >= 0.3 is 0 Å². The number of hydrogen-bond acceptors (Lipinski definition) is 1. The molecule has 0 rings (SSSR count). The average molecular weight is 232 g/mol. The van der Waals surface area contributed by atoms with Crippen LogP contribution in [0.4, 0.5) is 0 Å². The molecule has 0 aromatic carbocycles. The van der Waals surface area contributed by atoms with E-state index in [4.69, 9.17) is 0 Å². The Hall–Kier alpha value is 1.04. The molecule has 0 bridgehead atoms. The predicted molar refractivity (Wildman–Crippen MR) is 41.9 cm³/mol. The van der Waals surface area contributed by atoms with Crippen molar-refractivity contribution in [1.29, 1.82) is 0 Å². The maximum atomic E-state index is 10.6. The molecule has 0 radical (unpaired) electrons. The van der Waals surface area contributed by atoms with Crippen molar-refractivity contribution in [1.82, 2.24) is 0 Å².